The van der Waals surface area contributed by atoms with Gasteiger partial charge in [-0.25, -0.2) is 4.39 Å². The molecule has 11 heteroatoms. The van der Waals surface area contributed by atoms with Gasteiger partial charge in [-0.3, -0.25) is 9.59 Å². The van der Waals surface area contributed by atoms with Crippen LogP contribution in [0.5, 0.6) is 0 Å². The number of rotatable bonds is 3. The Morgan fingerprint density at radius 1 is 0.912 bits per heavy atom. The molecule has 1 unspecified atom stereocenters. The van der Waals surface area contributed by atoms with E-state index in [-0.39, 0.29) is 29.7 Å². The molecule has 2 aromatic carbocycles. The van der Waals surface area contributed by atoms with E-state index in [2.05, 4.69) is 0 Å². The molecule has 4 nitrogen and oxygen atoms in total. The first-order chi connectivity index (χ1) is 15.8. The number of nitrogens with one attached hydrogen (secondary N) is 1. The molecule has 0 aliphatic heterocycles. The second kappa shape index (κ2) is 10.9. The molecule has 0 saturated heterocycles. The van der Waals surface area contributed by atoms with Gasteiger partial charge in [-0.1, -0.05) is 18.6 Å². The zero-order chi connectivity index (χ0) is 25.7. The van der Waals surface area contributed by atoms with Gasteiger partial charge in [-0.15, -0.1) is 0 Å². The van der Waals surface area contributed by atoms with Gasteiger partial charge in [0.15, 0.2) is 0 Å². The van der Waals surface area contributed by atoms with E-state index in [1.165, 1.54) is 19.2 Å². The second-order valence-corrected chi connectivity index (χ2v) is 7.59. The lowest BCUT2D eigenvalue weighted by Gasteiger charge is -2.17. The molecule has 0 bridgehead atoms. The van der Waals surface area contributed by atoms with Crippen molar-refractivity contribution in [3.05, 3.63) is 70.5 Å². The van der Waals surface area contributed by atoms with Crippen LogP contribution in [-0.4, -0.2) is 26.0 Å². The molecular weight excluding hydrogens is 471 g/mol. The molecule has 1 N–H and O–H groups in total. The molecule has 1 aliphatic carbocycles. The van der Waals surface area contributed by atoms with Crippen molar-refractivity contribution in [3.8, 4) is 0 Å². The summed E-state index contributed by atoms with van der Waals surface area (Å²) in [5.41, 5.74) is -2.69. The highest BCUT2D eigenvalue weighted by Crippen LogP contribution is 2.40. The van der Waals surface area contributed by atoms with E-state index < -0.39 is 35.0 Å². The van der Waals surface area contributed by atoms with Gasteiger partial charge < -0.3 is 10.1 Å². The molecule has 1 saturated carbocycles. The number of alkyl halides is 6. The van der Waals surface area contributed by atoms with Crippen LogP contribution >= 0.6 is 0 Å². The number of hydrogen-bond acceptors (Lipinski definition) is 3. The van der Waals surface area contributed by atoms with Gasteiger partial charge in [0.25, 0.3) is 5.91 Å². The van der Waals surface area contributed by atoms with Crippen LogP contribution in [-0.2, 0) is 21.9 Å². The van der Waals surface area contributed by atoms with Gasteiger partial charge in [0.2, 0.25) is 0 Å². The Hall–Kier alpha value is -3.11. The summed E-state index contributed by atoms with van der Waals surface area (Å²) >= 11 is 0. The zero-order valence-corrected chi connectivity index (χ0v) is 18.2. The summed E-state index contributed by atoms with van der Waals surface area (Å²) in [6.45, 7) is 0. The summed E-state index contributed by atoms with van der Waals surface area (Å²) in [6, 6.07) is 7.13. The van der Waals surface area contributed by atoms with Crippen LogP contribution in [0, 0.1) is 11.7 Å². The molecule has 1 fully saturated rings. The van der Waals surface area contributed by atoms with Crippen molar-refractivity contribution in [2.75, 3.05) is 14.2 Å². The second-order valence-electron chi connectivity index (χ2n) is 7.59. The number of carbonyl (C=O) groups is 2. The minimum Gasteiger partial charge on any atom is -0.469 e. The summed E-state index contributed by atoms with van der Waals surface area (Å²) in [5.74, 6) is -1.28. The summed E-state index contributed by atoms with van der Waals surface area (Å²) < 4.78 is 92.0. The highest BCUT2D eigenvalue weighted by atomic mass is 19.4. The molecule has 1 amide bonds. The maximum Gasteiger partial charge on any atom is 0.416 e. The number of amides is 1. The minimum absolute atomic E-state index is 0.0353. The van der Waals surface area contributed by atoms with Crippen LogP contribution in [0.3, 0.4) is 0 Å². The highest BCUT2D eigenvalue weighted by Gasteiger charge is 2.37. The molecule has 34 heavy (non-hydrogen) atoms. The van der Waals surface area contributed by atoms with E-state index in [4.69, 9.17) is 4.74 Å². The van der Waals surface area contributed by atoms with Gasteiger partial charge >= 0.3 is 18.3 Å². The molecule has 0 radical (unpaired) electrons. The fraction of sp³-hybridized carbons (Fsp3) is 0.391. The van der Waals surface area contributed by atoms with Gasteiger partial charge in [0.1, 0.15) is 5.82 Å². The quantitative estimate of drug-likeness (QED) is 0.424. The van der Waals surface area contributed by atoms with Crippen LogP contribution in [0.4, 0.5) is 30.7 Å². The third kappa shape index (κ3) is 6.94. The van der Waals surface area contributed by atoms with Gasteiger partial charge in [0.05, 0.1) is 24.2 Å². The van der Waals surface area contributed by atoms with Crippen LogP contribution in [0.2, 0.25) is 0 Å². The SMILES string of the molecule is CNC(=O)c1cc(C(F)(F)F)cc(C(F)(F)F)c1.COC(=O)[C@@H]1CCCC1c1ccc(F)cc1. The van der Waals surface area contributed by atoms with E-state index >= 15 is 0 Å². The molecule has 0 heterocycles. The molecule has 2 atom stereocenters. The zero-order valence-electron chi connectivity index (χ0n) is 18.2. The highest BCUT2D eigenvalue weighted by molar-refractivity contribution is 5.94. The van der Waals surface area contributed by atoms with Gasteiger partial charge in [0, 0.05) is 12.6 Å². The number of esters is 1. The number of halogens is 7. The normalized spacial score (nSPS) is 18.0. The van der Waals surface area contributed by atoms with E-state index in [1.54, 1.807) is 12.1 Å². The largest absolute Gasteiger partial charge is 0.469 e. The van der Waals surface area contributed by atoms with Crippen LogP contribution < -0.4 is 5.32 Å². The molecule has 0 aromatic heterocycles. The molecule has 2 aromatic rings. The monoisotopic (exact) mass is 493 g/mol. The fourth-order valence-corrected chi connectivity index (χ4v) is 3.73. The third-order valence-corrected chi connectivity index (χ3v) is 5.39. The van der Waals surface area contributed by atoms with Crippen LogP contribution in [0.15, 0.2) is 42.5 Å². The Kier molecular flexibility index (Phi) is 8.68. The number of hydrogen-bond donors (Lipinski definition) is 1. The van der Waals surface area contributed by atoms with Crippen molar-refractivity contribution in [1.29, 1.82) is 0 Å². The molecule has 3 rings (SSSR count). The van der Waals surface area contributed by atoms with Crippen molar-refractivity contribution in [1.82, 2.24) is 5.32 Å². The lowest BCUT2D eigenvalue weighted by Crippen LogP contribution is -2.20. The summed E-state index contributed by atoms with van der Waals surface area (Å²) in [7, 11) is 2.53. The van der Waals surface area contributed by atoms with Crippen molar-refractivity contribution in [2.45, 2.75) is 37.5 Å². The average Bonchev–Trinajstić information content (AvgIpc) is 3.27. The van der Waals surface area contributed by atoms with E-state index in [0.29, 0.717) is 12.1 Å². The van der Waals surface area contributed by atoms with E-state index in [0.717, 1.165) is 31.9 Å². The van der Waals surface area contributed by atoms with Crippen LogP contribution in [0.25, 0.3) is 0 Å². The maximum atomic E-state index is 12.8. The van der Waals surface area contributed by atoms with Crippen molar-refractivity contribution in [3.63, 3.8) is 0 Å². The first-order valence-electron chi connectivity index (χ1n) is 10.1. The molecule has 0 spiro atoms. The van der Waals surface area contributed by atoms with E-state index in [9.17, 15) is 40.3 Å². The maximum absolute atomic E-state index is 12.8. The number of ether oxygens (including phenoxy) is 1. The average molecular weight is 493 g/mol. The number of carbonyl (C=O) groups excluding carboxylic acids is 2. The van der Waals surface area contributed by atoms with Gasteiger partial charge in [-0.05, 0) is 54.7 Å². The predicted molar refractivity (Wildman–Crippen MR) is 108 cm³/mol. The summed E-state index contributed by atoms with van der Waals surface area (Å²) in [5, 5.41) is 1.96. The Labute approximate surface area is 191 Å². The Morgan fingerprint density at radius 3 is 1.88 bits per heavy atom. The fourth-order valence-electron chi connectivity index (χ4n) is 3.73. The number of benzene rings is 2. The predicted octanol–water partition coefficient (Wildman–Crippen LogP) is 5.97. The van der Waals surface area contributed by atoms with Crippen molar-refractivity contribution < 1.29 is 45.1 Å². The minimum atomic E-state index is -4.95. The summed E-state index contributed by atoms with van der Waals surface area (Å²) in [4.78, 5) is 22.7. The Morgan fingerprint density at radius 2 is 1.44 bits per heavy atom. The molecule has 1 aliphatic rings. The summed E-state index contributed by atoms with van der Waals surface area (Å²) in [6.07, 6.45) is -7.03. The topological polar surface area (TPSA) is 55.4 Å². The first kappa shape index (κ1) is 27.1. The van der Waals surface area contributed by atoms with Crippen molar-refractivity contribution in [2.24, 2.45) is 5.92 Å². The van der Waals surface area contributed by atoms with Gasteiger partial charge in [-0.2, -0.15) is 26.3 Å². The Bertz CT molecular complexity index is 969. The standard InChI is InChI=1S/C13H15FO2.C10H7F6NO/c1-16-13(15)12-4-2-3-11(12)9-5-7-10(14)8-6-9;1-17-8(18)5-2-6(9(11,12)13)4-7(3-5)10(14,15)16/h5-8,11-12H,2-4H2,1H3;2-4H,1H3,(H,17,18)/t11?,12-;/m1./s1. The van der Waals surface area contributed by atoms with Crippen LogP contribution in [0.1, 0.15) is 52.2 Å². The number of methoxy groups -OCH3 is 1. The first-order valence-corrected chi connectivity index (χ1v) is 10.1. The molecular formula is C23H22F7NO3. The smallest absolute Gasteiger partial charge is 0.416 e. The van der Waals surface area contributed by atoms with Crippen molar-refractivity contribution >= 4 is 11.9 Å². The lowest BCUT2D eigenvalue weighted by molar-refractivity contribution is -0.146. The van der Waals surface area contributed by atoms with E-state index in [1.807, 2.05) is 5.32 Å². The molecule has 186 valence electrons. The lowest BCUT2D eigenvalue weighted by atomic mass is 9.89. The third-order valence-electron chi connectivity index (χ3n) is 5.39. The Balaban J connectivity index is 0.000000241.